The monoisotopic (exact) mass is 275 g/mol. The maximum absolute atomic E-state index is 12.3. The van der Waals surface area contributed by atoms with Crippen LogP contribution in [0.5, 0.6) is 0 Å². The van der Waals surface area contributed by atoms with Crippen molar-refractivity contribution in [2.24, 2.45) is 7.05 Å². The minimum Gasteiger partial charge on any atom is -0.395 e. The van der Waals surface area contributed by atoms with Crippen LogP contribution in [0.15, 0.2) is 35.6 Å². The average Bonchev–Trinajstić information content (AvgIpc) is 2.72. The summed E-state index contributed by atoms with van der Waals surface area (Å²) in [5.74, 6) is -0.203. The number of benzene rings is 1. The molecule has 0 bridgehead atoms. The first-order valence-electron chi connectivity index (χ1n) is 6.28. The van der Waals surface area contributed by atoms with Crippen LogP contribution in [0.1, 0.15) is 10.4 Å². The van der Waals surface area contributed by atoms with E-state index in [2.05, 4.69) is 11.6 Å². The van der Waals surface area contributed by atoms with Crippen LogP contribution < -0.4 is 5.69 Å². The third-order valence-electron chi connectivity index (χ3n) is 3.16. The summed E-state index contributed by atoms with van der Waals surface area (Å²) < 4.78 is 1.48. The molecule has 2 rings (SSSR count). The normalized spacial score (nSPS) is 10.7. The lowest BCUT2D eigenvalue weighted by Crippen LogP contribution is -2.33. The molecule has 20 heavy (non-hydrogen) atoms. The molecule has 1 aromatic heterocycles. The van der Waals surface area contributed by atoms with Crippen LogP contribution in [0.25, 0.3) is 11.0 Å². The molecule has 6 nitrogen and oxygen atoms in total. The summed E-state index contributed by atoms with van der Waals surface area (Å²) in [5, 5.41) is 8.99. The zero-order chi connectivity index (χ0) is 14.7. The van der Waals surface area contributed by atoms with Gasteiger partial charge in [0.1, 0.15) is 0 Å². The minimum absolute atomic E-state index is 0.107. The Morgan fingerprint density at radius 2 is 2.30 bits per heavy atom. The fourth-order valence-corrected chi connectivity index (χ4v) is 2.10. The Hall–Kier alpha value is -2.34. The van der Waals surface area contributed by atoms with Crippen LogP contribution in [-0.2, 0) is 7.05 Å². The van der Waals surface area contributed by atoms with Crippen molar-refractivity contribution in [2.45, 2.75) is 0 Å². The third kappa shape index (κ3) is 2.50. The molecule has 0 saturated carbocycles. The molecular formula is C14H17N3O3. The van der Waals surface area contributed by atoms with Gasteiger partial charge in [-0.3, -0.25) is 9.36 Å². The SMILES string of the molecule is C=CCN(CCO)C(=O)c1ccc2c(c1)[nH]c(=O)n2C. The highest BCUT2D eigenvalue weighted by atomic mass is 16.3. The fourth-order valence-electron chi connectivity index (χ4n) is 2.10. The number of aromatic nitrogens is 2. The minimum atomic E-state index is -0.220. The standard InChI is InChI=1S/C14H17N3O3/c1-3-6-17(7-8-18)13(19)10-4-5-12-11(9-10)15-14(20)16(12)2/h3-5,9,18H,1,6-8H2,2H3,(H,15,20). The summed E-state index contributed by atoms with van der Waals surface area (Å²) in [6, 6.07) is 5.05. The maximum Gasteiger partial charge on any atom is 0.326 e. The van der Waals surface area contributed by atoms with Gasteiger partial charge < -0.3 is 15.0 Å². The van der Waals surface area contributed by atoms with Gasteiger partial charge in [-0.1, -0.05) is 6.08 Å². The molecule has 0 fully saturated rings. The number of aliphatic hydroxyl groups is 1. The van der Waals surface area contributed by atoms with Gasteiger partial charge in [-0.25, -0.2) is 4.79 Å². The maximum atomic E-state index is 12.3. The van der Waals surface area contributed by atoms with Gasteiger partial charge in [0.2, 0.25) is 0 Å². The van der Waals surface area contributed by atoms with Crippen LogP contribution in [0.2, 0.25) is 0 Å². The van der Waals surface area contributed by atoms with E-state index in [0.717, 1.165) is 5.52 Å². The highest BCUT2D eigenvalue weighted by molar-refractivity contribution is 5.97. The van der Waals surface area contributed by atoms with Gasteiger partial charge in [0, 0.05) is 25.7 Å². The average molecular weight is 275 g/mol. The van der Waals surface area contributed by atoms with Crippen molar-refractivity contribution < 1.29 is 9.90 Å². The number of nitrogens with zero attached hydrogens (tertiary/aromatic N) is 2. The summed E-state index contributed by atoms with van der Waals surface area (Å²) >= 11 is 0. The second-order valence-electron chi connectivity index (χ2n) is 4.48. The zero-order valence-corrected chi connectivity index (χ0v) is 11.3. The molecule has 6 heteroatoms. The molecule has 0 aliphatic rings. The molecule has 0 atom stereocenters. The highest BCUT2D eigenvalue weighted by Crippen LogP contribution is 2.13. The molecule has 106 valence electrons. The van der Waals surface area contributed by atoms with E-state index in [9.17, 15) is 9.59 Å². The Morgan fingerprint density at radius 1 is 1.55 bits per heavy atom. The largest absolute Gasteiger partial charge is 0.395 e. The number of aryl methyl sites for hydroxylation is 1. The van der Waals surface area contributed by atoms with Crippen LogP contribution in [0.3, 0.4) is 0 Å². The van der Waals surface area contributed by atoms with Crippen molar-refractivity contribution >= 4 is 16.9 Å². The number of aromatic amines is 1. The van der Waals surface area contributed by atoms with Crippen LogP contribution in [-0.4, -0.2) is 45.2 Å². The smallest absolute Gasteiger partial charge is 0.326 e. The Bertz CT molecular complexity index is 699. The van der Waals surface area contributed by atoms with E-state index in [1.54, 1.807) is 31.3 Å². The van der Waals surface area contributed by atoms with Crippen molar-refractivity contribution in [1.29, 1.82) is 0 Å². The van der Waals surface area contributed by atoms with Gasteiger partial charge in [0.25, 0.3) is 5.91 Å². The quantitative estimate of drug-likeness (QED) is 0.779. The number of imidazole rings is 1. The first-order valence-corrected chi connectivity index (χ1v) is 6.28. The van der Waals surface area contributed by atoms with Gasteiger partial charge in [-0.15, -0.1) is 6.58 Å². The summed E-state index contributed by atoms with van der Waals surface area (Å²) in [7, 11) is 1.67. The van der Waals surface area contributed by atoms with Crippen molar-refractivity contribution in [3.63, 3.8) is 0 Å². The number of hydrogen-bond acceptors (Lipinski definition) is 3. The Morgan fingerprint density at radius 3 is 2.95 bits per heavy atom. The lowest BCUT2D eigenvalue weighted by Gasteiger charge is -2.19. The lowest BCUT2D eigenvalue weighted by atomic mass is 10.1. The fraction of sp³-hybridized carbons (Fsp3) is 0.286. The lowest BCUT2D eigenvalue weighted by molar-refractivity contribution is 0.0743. The van der Waals surface area contributed by atoms with Crippen molar-refractivity contribution in [1.82, 2.24) is 14.5 Å². The molecule has 0 unspecified atom stereocenters. The molecule has 1 aromatic carbocycles. The number of carbonyl (C=O) groups excluding carboxylic acids is 1. The molecular weight excluding hydrogens is 258 g/mol. The van der Waals surface area contributed by atoms with Crippen molar-refractivity contribution in [2.75, 3.05) is 19.7 Å². The first-order chi connectivity index (χ1) is 9.58. The number of carbonyl (C=O) groups is 1. The molecule has 2 N–H and O–H groups in total. The number of fused-ring (bicyclic) bond motifs is 1. The molecule has 2 aromatic rings. The second kappa shape index (κ2) is 5.75. The van der Waals surface area contributed by atoms with E-state index in [-0.39, 0.29) is 24.7 Å². The summed E-state index contributed by atoms with van der Waals surface area (Å²) in [6.07, 6.45) is 1.61. The summed E-state index contributed by atoms with van der Waals surface area (Å²) in [5.41, 5.74) is 1.60. The van der Waals surface area contributed by atoms with Crippen LogP contribution in [0.4, 0.5) is 0 Å². The Labute approximate surface area is 115 Å². The van der Waals surface area contributed by atoms with E-state index >= 15 is 0 Å². The zero-order valence-electron chi connectivity index (χ0n) is 11.3. The Balaban J connectivity index is 2.38. The van der Waals surface area contributed by atoms with E-state index in [0.29, 0.717) is 17.6 Å². The van der Waals surface area contributed by atoms with Gasteiger partial charge in [0.15, 0.2) is 0 Å². The third-order valence-corrected chi connectivity index (χ3v) is 3.16. The number of H-pyrrole nitrogens is 1. The molecule has 1 heterocycles. The van der Waals surface area contributed by atoms with Gasteiger partial charge in [-0.2, -0.15) is 0 Å². The van der Waals surface area contributed by atoms with E-state index in [1.807, 2.05) is 0 Å². The molecule has 0 aliphatic heterocycles. The topological polar surface area (TPSA) is 78.3 Å². The molecule has 0 spiro atoms. The molecule has 0 saturated heterocycles. The number of nitrogens with one attached hydrogen (secondary N) is 1. The van der Waals surface area contributed by atoms with Crippen LogP contribution >= 0.6 is 0 Å². The number of hydrogen-bond donors (Lipinski definition) is 2. The molecule has 1 amide bonds. The second-order valence-corrected chi connectivity index (χ2v) is 4.48. The summed E-state index contributed by atoms with van der Waals surface area (Å²) in [4.78, 5) is 28.0. The van der Waals surface area contributed by atoms with Crippen LogP contribution in [0, 0.1) is 0 Å². The molecule has 0 aliphatic carbocycles. The van der Waals surface area contributed by atoms with E-state index in [4.69, 9.17) is 5.11 Å². The van der Waals surface area contributed by atoms with Gasteiger partial charge >= 0.3 is 5.69 Å². The molecule has 0 radical (unpaired) electrons. The number of aliphatic hydroxyl groups excluding tert-OH is 1. The first kappa shape index (κ1) is 14.1. The van der Waals surface area contributed by atoms with Gasteiger partial charge in [0.05, 0.1) is 17.6 Å². The van der Waals surface area contributed by atoms with Gasteiger partial charge in [-0.05, 0) is 18.2 Å². The predicted octanol–water partition coefficient (Wildman–Crippen LogP) is 0.487. The predicted molar refractivity (Wildman–Crippen MR) is 76.7 cm³/mol. The summed E-state index contributed by atoms with van der Waals surface area (Å²) in [6.45, 7) is 4.10. The number of rotatable bonds is 5. The highest BCUT2D eigenvalue weighted by Gasteiger charge is 2.15. The Kier molecular flexibility index (Phi) is 4.05. The van der Waals surface area contributed by atoms with E-state index < -0.39 is 0 Å². The van der Waals surface area contributed by atoms with Crippen molar-refractivity contribution in [3.05, 3.63) is 46.9 Å². The van der Waals surface area contributed by atoms with Crippen molar-refractivity contribution in [3.8, 4) is 0 Å². The van der Waals surface area contributed by atoms with E-state index in [1.165, 1.54) is 9.47 Å². The number of amides is 1.